The van der Waals surface area contributed by atoms with Crippen LogP contribution in [0.2, 0.25) is 0 Å². The first kappa shape index (κ1) is 17.3. The second kappa shape index (κ2) is 5.13. The van der Waals surface area contributed by atoms with E-state index in [1.807, 2.05) is 6.92 Å². The van der Waals surface area contributed by atoms with Crippen molar-refractivity contribution in [3.05, 3.63) is 35.4 Å². The van der Waals surface area contributed by atoms with Crippen LogP contribution >= 0.6 is 0 Å². The Labute approximate surface area is 166 Å². The number of aliphatic hydroxyl groups is 1. The number of methoxy groups -OCH3 is 2. The Hall–Kier alpha value is -1.56. The minimum atomic E-state index is -0.616. The molecule has 2 aliphatic heterocycles. The molecule has 2 heterocycles. The highest BCUT2D eigenvalue weighted by atomic mass is 16.6. The molecule has 2 fully saturated rings. The number of likely N-dealkylation sites (tertiary alicyclic amines) is 1. The van der Waals surface area contributed by atoms with Crippen LogP contribution in [0, 0.1) is 11.3 Å². The van der Waals surface area contributed by atoms with Crippen LogP contribution in [0.15, 0.2) is 24.3 Å². The average molecular weight is 383 g/mol. The summed E-state index contributed by atoms with van der Waals surface area (Å²) >= 11 is 0. The number of nitrogens with zero attached hydrogens (tertiary/aromatic N) is 1. The van der Waals surface area contributed by atoms with Crippen LogP contribution < -0.4 is 9.47 Å². The summed E-state index contributed by atoms with van der Waals surface area (Å²) in [4.78, 5) is 2.53. The van der Waals surface area contributed by atoms with Crippen molar-refractivity contribution in [1.82, 2.24) is 4.90 Å². The Kier molecular flexibility index (Phi) is 3.17. The predicted molar refractivity (Wildman–Crippen MR) is 105 cm³/mol. The zero-order valence-electron chi connectivity index (χ0n) is 17.1. The third kappa shape index (κ3) is 1.54. The minimum absolute atomic E-state index is 0.0106. The van der Waals surface area contributed by atoms with Crippen LogP contribution in [0.3, 0.4) is 0 Å². The van der Waals surface area contributed by atoms with E-state index in [0.29, 0.717) is 6.04 Å². The normalized spacial score (nSPS) is 45.5. The summed E-state index contributed by atoms with van der Waals surface area (Å²) in [5.74, 6) is 1.74. The number of hydrogen-bond donors (Lipinski definition) is 1. The summed E-state index contributed by atoms with van der Waals surface area (Å²) in [6.45, 7) is 2.95. The van der Waals surface area contributed by atoms with Crippen molar-refractivity contribution in [3.63, 3.8) is 0 Å². The van der Waals surface area contributed by atoms with Gasteiger partial charge in [-0.05, 0) is 51.4 Å². The topological polar surface area (TPSA) is 51.2 Å². The lowest BCUT2D eigenvalue weighted by atomic mass is 9.37. The van der Waals surface area contributed by atoms with Gasteiger partial charge in [-0.3, -0.25) is 0 Å². The summed E-state index contributed by atoms with van der Waals surface area (Å²) < 4.78 is 18.8. The Balaban J connectivity index is 1.71. The number of benzene rings is 1. The lowest BCUT2D eigenvalue weighted by Gasteiger charge is -2.71. The lowest BCUT2D eigenvalue weighted by Crippen LogP contribution is -2.79. The van der Waals surface area contributed by atoms with Gasteiger partial charge in [-0.25, -0.2) is 0 Å². The van der Waals surface area contributed by atoms with Gasteiger partial charge >= 0.3 is 0 Å². The lowest BCUT2D eigenvalue weighted by molar-refractivity contribution is -0.228. The molecule has 7 rings (SSSR count). The maximum atomic E-state index is 10.8. The zero-order valence-corrected chi connectivity index (χ0v) is 17.1. The van der Waals surface area contributed by atoms with Gasteiger partial charge in [-0.1, -0.05) is 18.2 Å². The summed E-state index contributed by atoms with van der Waals surface area (Å²) in [6.07, 6.45) is 7.06. The van der Waals surface area contributed by atoms with Crippen LogP contribution in [0.5, 0.6) is 11.5 Å². The molecule has 28 heavy (non-hydrogen) atoms. The van der Waals surface area contributed by atoms with Crippen molar-refractivity contribution in [3.8, 4) is 11.5 Å². The molecule has 1 aromatic rings. The Morgan fingerprint density at radius 3 is 2.82 bits per heavy atom. The minimum Gasteiger partial charge on any atom is -0.493 e. The summed E-state index contributed by atoms with van der Waals surface area (Å²) in [7, 11) is 5.74. The summed E-state index contributed by atoms with van der Waals surface area (Å²) in [5.41, 5.74) is 1.97. The van der Waals surface area contributed by atoms with Gasteiger partial charge in [-0.2, -0.15) is 0 Å². The summed E-state index contributed by atoms with van der Waals surface area (Å²) in [6, 6.07) is 4.70. The van der Waals surface area contributed by atoms with E-state index < -0.39 is 11.7 Å². The highest BCUT2D eigenvalue weighted by molar-refractivity contribution is 5.65. The van der Waals surface area contributed by atoms with Gasteiger partial charge in [0.15, 0.2) is 11.5 Å². The number of likely N-dealkylation sites (N-methyl/N-ethyl adjacent to an activating group) is 1. The Bertz CT molecular complexity index is 897. The van der Waals surface area contributed by atoms with E-state index in [2.05, 4.69) is 36.2 Å². The molecule has 0 aromatic heterocycles. The van der Waals surface area contributed by atoms with E-state index in [-0.39, 0.29) is 22.9 Å². The molecule has 6 unspecified atom stereocenters. The van der Waals surface area contributed by atoms with E-state index in [9.17, 15) is 5.11 Å². The van der Waals surface area contributed by atoms with Crippen LogP contribution in [-0.2, 0) is 16.6 Å². The first-order valence-corrected chi connectivity index (χ1v) is 10.5. The molecule has 5 nitrogen and oxygen atoms in total. The molecular formula is C23H29NO4. The van der Waals surface area contributed by atoms with E-state index in [0.717, 1.165) is 37.3 Å². The highest BCUT2D eigenvalue weighted by Crippen LogP contribution is 2.74. The molecule has 4 aliphatic carbocycles. The third-order valence-electron chi connectivity index (χ3n) is 8.91. The van der Waals surface area contributed by atoms with Crippen molar-refractivity contribution < 1.29 is 19.3 Å². The molecule has 1 saturated heterocycles. The van der Waals surface area contributed by atoms with Gasteiger partial charge in [0.2, 0.25) is 0 Å². The smallest absolute Gasteiger partial charge is 0.166 e. The van der Waals surface area contributed by atoms with Crippen molar-refractivity contribution >= 4 is 0 Å². The number of ether oxygens (including phenoxy) is 3. The van der Waals surface area contributed by atoms with E-state index in [4.69, 9.17) is 14.2 Å². The van der Waals surface area contributed by atoms with Crippen molar-refractivity contribution in [2.24, 2.45) is 11.3 Å². The summed E-state index contributed by atoms with van der Waals surface area (Å²) in [5, 5.41) is 10.8. The van der Waals surface area contributed by atoms with Gasteiger partial charge in [0, 0.05) is 30.0 Å². The maximum absolute atomic E-state index is 10.8. The fraction of sp³-hybridized carbons (Fsp3) is 0.652. The maximum Gasteiger partial charge on any atom is 0.166 e. The van der Waals surface area contributed by atoms with E-state index in [1.165, 1.54) is 11.1 Å². The number of piperidine rings is 1. The SMILES string of the molecule is COc1ccc2c3c1OC1C4(OC)C=CC5(CC4C(C)O)C(C2)N(C)CC[C@]315. The molecule has 1 N–H and O–H groups in total. The fourth-order valence-electron chi connectivity index (χ4n) is 7.81. The van der Waals surface area contributed by atoms with E-state index >= 15 is 0 Å². The molecule has 0 radical (unpaired) electrons. The van der Waals surface area contributed by atoms with Gasteiger partial charge in [0.25, 0.3) is 0 Å². The first-order valence-electron chi connectivity index (χ1n) is 10.5. The molecule has 6 aliphatic rings. The van der Waals surface area contributed by atoms with Gasteiger partial charge in [0.1, 0.15) is 11.7 Å². The Morgan fingerprint density at radius 1 is 1.29 bits per heavy atom. The predicted octanol–water partition coefficient (Wildman–Crippen LogP) is 2.30. The fourth-order valence-corrected chi connectivity index (χ4v) is 7.81. The second-order valence-electron chi connectivity index (χ2n) is 9.53. The quantitative estimate of drug-likeness (QED) is 0.812. The molecule has 7 atom stereocenters. The van der Waals surface area contributed by atoms with Crippen LogP contribution in [0.1, 0.15) is 30.9 Å². The molecule has 4 bridgehead atoms. The molecule has 1 saturated carbocycles. The van der Waals surface area contributed by atoms with Crippen molar-refractivity contribution in [1.29, 1.82) is 0 Å². The first-order chi connectivity index (χ1) is 13.4. The molecule has 5 heteroatoms. The number of aliphatic hydroxyl groups excluding tert-OH is 1. The zero-order chi connectivity index (χ0) is 19.5. The molecule has 0 amide bonds. The van der Waals surface area contributed by atoms with Crippen LogP contribution in [0.25, 0.3) is 0 Å². The van der Waals surface area contributed by atoms with Crippen LogP contribution in [-0.4, -0.2) is 61.7 Å². The molecule has 150 valence electrons. The van der Waals surface area contributed by atoms with Crippen molar-refractivity contribution in [2.75, 3.05) is 27.8 Å². The number of rotatable bonds is 3. The monoisotopic (exact) mass is 383 g/mol. The molecule has 1 aromatic carbocycles. The largest absolute Gasteiger partial charge is 0.493 e. The molecule has 2 spiro atoms. The van der Waals surface area contributed by atoms with Crippen LogP contribution in [0.4, 0.5) is 0 Å². The highest BCUT2D eigenvalue weighted by Gasteiger charge is 2.79. The van der Waals surface area contributed by atoms with Crippen molar-refractivity contribution in [2.45, 2.75) is 55.5 Å². The average Bonchev–Trinajstić information content (AvgIpc) is 3.07. The molecular weight excluding hydrogens is 354 g/mol. The number of hydrogen-bond acceptors (Lipinski definition) is 5. The Morgan fingerprint density at radius 2 is 2.11 bits per heavy atom. The van der Waals surface area contributed by atoms with E-state index in [1.54, 1.807) is 14.2 Å². The van der Waals surface area contributed by atoms with Gasteiger partial charge < -0.3 is 24.2 Å². The standard InChI is InChI=1S/C23H29NO4/c1-13(25)15-12-21-7-8-23(15,27-4)20-22(21)9-10-24(2)17(21)11-14-5-6-16(26-3)19(28-20)18(14)22/h5-8,13,15,17,20,25H,9-12H2,1-4H3/t13?,15?,17?,20?,21?,22-,23?/m0/s1. The third-order valence-corrected chi connectivity index (χ3v) is 8.91. The van der Waals surface area contributed by atoms with Gasteiger partial charge in [-0.15, -0.1) is 0 Å². The second-order valence-corrected chi connectivity index (χ2v) is 9.53. The van der Waals surface area contributed by atoms with Gasteiger partial charge in [0.05, 0.1) is 18.6 Å². The number of fused-ring (bicyclic) bond motifs is 1.